The Morgan fingerprint density at radius 1 is 0.962 bits per heavy atom. The zero-order chi connectivity index (χ0) is 37.1. The number of carbonyl (C=O) groups excluding carboxylic acids is 4. The van der Waals surface area contributed by atoms with Gasteiger partial charge in [0.2, 0.25) is 11.8 Å². The summed E-state index contributed by atoms with van der Waals surface area (Å²) in [6.07, 6.45) is 1.96. The van der Waals surface area contributed by atoms with Crippen molar-refractivity contribution in [3.63, 3.8) is 0 Å². The Kier molecular flexibility index (Phi) is 9.16. The number of nitrogens with one attached hydrogen (secondary N) is 1. The number of phenols is 1. The second-order valence-corrected chi connectivity index (χ2v) is 14.3. The molecule has 3 aromatic carbocycles. The Hall–Kier alpha value is -5.07. The van der Waals surface area contributed by atoms with Gasteiger partial charge in [0, 0.05) is 29.5 Å². The summed E-state index contributed by atoms with van der Waals surface area (Å²) in [5.74, 6) is -7.01. The number of methoxy groups -OCH3 is 2. The number of nitrogens with zero attached hydrogens (tertiary/aromatic N) is 2. The van der Waals surface area contributed by atoms with Gasteiger partial charge in [-0.1, -0.05) is 59.1 Å². The maximum absolute atomic E-state index is 15.3. The number of carboxylic acid groups (broad SMARTS) is 1. The Labute approximate surface area is 308 Å². The topological polar surface area (TPSA) is 163 Å². The van der Waals surface area contributed by atoms with Gasteiger partial charge in [-0.25, -0.2) is 0 Å². The number of allylic oxidation sites excluding steroid dienone is 2. The van der Waals surface area contributed by atoms with Crippen molar-refractivity contribution < 1.29 is 43.7 Å². The molecule has 270 valence electrons. The number of rotatable bonds is 10. The number of fused-ring (bicyclic) bond motifs is 4. The first-order chi connectivity index (χ1) is 24.9. The summed E-state index contributed by atoms with van der Waals surface area (Å²) in [5, 5.41) is 22.4. The molecule has 3 aromatic rings. The summed E-state index contributed by atoms with van der Waals surface area (Å²) in [4.78, 5) is 70.4. The molecule has 4 aliphatic rings. The molecule has 2 aliphatic heterocycles. The molecule has 3 fully saturated rings. The molecule has 0 bridgehead atoms. The molecule has 0 unspecified atom stereocenters. The van der Waals surface area contributed by atoms with E-state index in [1.807, 2.05) is 6.08 Å². The van der Waals surface area contributed by atoms with Gasteiger partial charge in [0.15, 0.2) is 11.5 Å². The maximum Gasteiger partial charge on any atom is 0.303 e. The molecule has 14 heteroatoms. The normalized spacial score (nSPS) is 26.5. The van der Waals surface area contributed by atoms with E-state index in [0.29, 0.717) is 27.5 Å². The number of hydrogen-bond donors (Lipinski definition) is 3. The minimum atomic E-state index is -1.67. The monoisotopic (exact) mass is 747 g/mol. The van der Waals surface area contributed by atoms with Gasteiger partial charge >= 0.3 is 5.97 Å². The number of likely N-dealkylation sites (tertiary alicyclic amines) is 1. The van der Waals surface area contributed by atoms with Crippen molar-refractivity contribution in [3.05, 3.63) is 93.5 Å². The predicted molar refractivity (Wildman–Crippen MR) is 189 cm³/mol. The number of aliphatic carboxylic acids is 1. The fraction of sp³-hybridized carbons (Fsp3) is 0.342. The molecule has 12 nitrogen and oxygen atoms in total. The van der Waals surface area contributed by atoms with Crippen LogP contribution in [0.4, 0.5) is 5.69 Å². The number of ether oxygens (including phenoxy) is 2. The van der Waals surface area contributed by atoms with Gasteiger partial charge < -0.3 is 19.7 Å². The van der Waals surface area contributed by atoms with Gasteiger partial charge in [0.05, 0.1) is 48.1 Å². The van der Waals surface area contributed by atoms with Crippen LogP contribution >= 0.6 is 23.2 Å². The third-order valence-electron chi connectivity index (χ3n) is 11.0. The molecule has 2 aliphatic carbocycles. The van der Waals surface area contributed by atoms with Crippen molar-refractivity contribution in [2.24, 2.45) is 23.7 Å². The van der Waals surface area contributed by atoms with E-state index in [1.54, 1.807) is 54.6 Å². The highest BCUT2D eigenvalue weighted by atomic mass is 35.5. The molecule has 0 spiro atoms. The lowest BCUT2D eigenvalue weighted by Gasteiger charge is -2.50. The number of amides is 4. The van der Waals surface area contributed by atoms with Crippen molar-refractivity contribution in [3.8, 4) is 17.2 Å². The van der Waals surface area contributed by atoms with Gasteiger partial charge in [-0.05, 0) is 67.1 Å². The molecular formula is C38H35Cl2N3O9. The van der Waals surface area contributed by atoms with Crippen LogP contribution in [0.1, 0.15) is 42.7 Å². The van der Waals surface area contributed by atoms with Crippen LogP contribution in [0.25, 0.3) is 0 Å². The highest BCUT2D eigenvalue weighted by molar-refractivity contribution is 6.36. The highest BCUT2D eigenvalue weighted by Gasteiger charge is 2.70. The second kappa shape index (κ2) is 13.5. The first-order valence-corrected chi connectivity index (χ1v) is 17.6. The third-order valence-corrected chi connectivity index (χ3v) is 11.6. The van der Waals surface area contributed by atoms with E-state index in [-0.39, 0.29) is 54.4 Å². The van der Waals surface area contributed by atoms with E-state index in [1.165, 1.54) is 20.3 Å². The largest absolute Gasteiger partial charge is 0.504 e. The predicted octanol–water partition coefficient (Wildman–Crippen LogP) is 5.57. The van der Waals surface area contributed by atoms with Crippen molar-refractivity contribution in [1.82, 2.24) is 9.91 Å². The zero-order valence-electron chi connectivity index (χ0n) is 28.2. The van der Waals surface area contributed by atoms with Gasteiger partial charge in [-0.15, -0.1) is 0 Å². The third kappa shape index (κ3) is 5.38. The Morgan fingerprint density at radius 3 is 2.38 bits per heavy atom. The van der Waals surface area contributed by atoms with Crippen molar-refractivity contribution in [2.45, 2.75) is 37.0 Å². The SMILES string of the molecule is COc1ccc([C@@]23C(=O)N(Nc4ccc(Cl)cc4Cl)C(=O)[C@@H]2C[C@@H]2C(=CC[C@@H]4C(=O)N(CCCC(=O)O)C(=O)[C@@H]42)[C@@H]3c2cccc(OC)c2O)cc1. The molecule has 3 N–H and O–H groups in total. The van der Waals surface area contributed by atoms with Crippen LogP contribution in [0.3, 0.4) is 0 Å². The average molecular weight is 749 g/mol. The van der Waals surface area contributed by atoms with Crippen molar-refractivity contribution in [2.75, 3.05) is 26.2 Å². The molecular weight excluding hydrogens is 713 g/mol. The molecule has 6 atom stereocenters. The number of anilines is 1. The number of aromatic hydroxyl groups is 1. The van der Waals surface area contributed by atoms with E-state index in [9.17, 15) is 29.4 Å². The minimum absolute atomic E-state index is 0.0271. The smallest absolute Gasteiger partial charge is 0.303 e. The Bertz CT molecular complexity index is 2040. The molecule has 2 heterocycles. The number of halogens is 2. The van der Waals surface area contributed by atoms with Gasteiger partial charge in [0.1, 0.15) is 5.75 Å². The van der Waals surface area contributed by atoms with Crippen LogP contribution in [-0.4, -0.2) is 70.5 Å². The number of hydrazine groups is 1. The average Bonchev–Trinajstić information content (AvgIpc) is 3.50. The van der Waals surface area contributed by atoms with Gasteiger partial charge in [0.25, 0.3) is 11.8 Å². The van der Waals surface area contributed by atoms with Crippen LogP contribution in [0.15, 0.2) is 72.3 Å². The number of phenolic OH excluding ortho intramolecular Hbond substituents is 1. The summed E-state index contributed by atoms with van der Waals surface area (Å²) >= 11 is 12.6. The summed E-state index contributed by atoms with van der Waals surface area (Å²) in [5.41, 5.74) is 2.94. The van der Waals surface area contributed by atoms with Crippen LogP contribution in [0, 0.1) is 23.7 Å². The van der Waals surface area contributed by atoms with Gasteiger partial charge in [-0.2, -0.15) is 5.01 Å². The quantitative estimate of drug-likeness (QED) is 0.177. The molecule has 52 heavy (non-hydrogen) atoms. The lowest BCUT2D eigenvalue weighted by Crippen LogP contribution is -2.53. The van der Waals surface area contributed by atoms with Crippen LogP contribution in [-0.2, 0) is 29.4 Å². The summed E-state index contributed by atoms with van der Waals surface area (Å²) in [6, 6.07) is 16.4. The Balaban J connectivity index is 1.43. The number of benzene rings is 3. The molecule has 1 saturated carbocycles. The van der Waals surface area contributed by atoms with E-state index in [0.717, 1.165) is 9.91 Å². The second-order valence-electron chi connectivity index (χ2n) is 13.4. The van der Waals surface area contributed by atoms with Crippen molar-refractivity contribution >= 4 is 58.5 Å². The van der Waals surface area contributed by atoms with E-state index < -0.39 is 64.6 Å². The lowest BCUT2D eigenvalue weighted by atomic mass is 9.49. The number of hydrogen-bond acceptors (Lipinski definition) is 9. The standard InChI is InChI=1S/C38H35Cl2N3O9/c1-51-21-11-8-19(9-12-21)38-26(35(48)43(37(38)50)41-28-15-10-20(39)17-27(28)40)18-25-22(32(38)24-5-3-6-29(52-2)33(24)46)13-14-23-31(25)36(49)42(34(23)47)16-4-7-30(44)45/h3,5-6,8-13,15,17,23,25-26,31-32,41,46H,4,7,14,16,18H2,1-2H3,(H,44,45)/t23-,25+,26-,31-,32+,38+/m0/s1. The Morgan fingerprint density at radius 2 is 1.71 bits per heavy atom. The van der Waals surface area contributed by atoms with Crippen molar-refractivity contribution in [1.29, 1.82) is 0 Å². The lowest BCUT2D eigenvalue weighted by molar-refractivity contribution is -0.142. The zero-order valence-corrected chi connectivity index (χ0v) is 29.7. The van der Waals surface area contributed by atoms with E-state index in [4.69, 9.17) is 32.7 Å². The van der Waals surface area contributed by atoms with Crippen LogP contribution in [0.5, 0.6) is 17.2 Å². The molecule has 4 amide bonds. The molecule has 0 aromatic heterocycles. The number of para-hydroxylation sites is 1. The van der Waals surface area contributed by atoms with Gasteiger partial charge in [-0.3, -0.25) is 34.3 Å². The number of carboxylic acids is 1. The molecule has 2 saturated heterocycles. The highest BCUT2D eigenvalue weighted by Crippen LogP contribution is 2.65. The summed E-state index contributed by atoms with van der Waals surface area (Å²) < 4.78 is 10.9. The minimum Gasteiger partial charge on any atom is -0.504 e. The summed E-state index contributed by atoms with van der Waals surface area (Å²) in [7, 11) is 2.92. The van der Waals surface area contributed by atoms with E-state index >= 15 is 4.79 Å². The number of carbonyl (C=O) groups is 5. The maximum atomic E-state index is 15.3. The first kappa shape index (κ1) is 35.3. The fourth-order valence-electron chi connectivity index (χ4n) is 8.80. The molecule has 0 radical (unpaired) electrons. The van der Waals surface area contributed by atoms with Crippen LogP contribution < -0.4 is 14.9 Å². The summed E-state index contributed by atoms with van der Waals surface area (Å²) in [6.45, 7) is -0.0463. The van der Waals surface area contributed by atoms with E-state index in [2.05, 4.69) is 5.43 Å². The molecule has 7 rings (SSSR count). The van der Waals surface area contributed by atoms with Crippen LogP contribution in [0.2, 0.25) is 10.0 Å². The number of imide groups is 2. The first-order valence-electron chi connectivity index (χ1n) is 16.8. The fourth-order valence-corrected chi connectivity index (χ4v) is 9.25.